The maximum Gasteiger partial charge on any atom is 0.257 e. The van der Waals surface area contributed by atoms with Gasteiger partial charge in [0.15, 0.2) is 0 Å². The zero-order valence-corrected chi connectivity index (χ0v) is 13.0. The first-order valence-electron chi connectivity index (χ1n) is 7.42. The SMILES string of the molecule is CC(C)Oc1ccccc1C(=O)N1CC[C@@H](OCC(N)=O)C1. The third-order valence-corrected chi connectivity index (χ3v) is 3.37. The Labute approximate surface area is 130 Å². The number of nitrogens with zero attached hydrogens (tertiary/aromatic N) is 1. The second kappa shape index (κ2) is 7.26. The van der Waals surface area contributed by atoms with Crippen molar-refractivity contribution in [3.8, 4) is 5.75 Å². The van der Waals surface area contributed by atoms with E-state index in [-0.39, 0.29) is 24.7 Å². The molecule has 0 spiro atoms. The molecule has 2 N–H and O–H groups in total. The van der Waals surface area contributed by atoms with Crippen molar-refractivity contribution < 1.29 is 19.1 Å². The van der Waals surface area contributed by atoms with Gasteiger partial charge in [-0.2, -0.15) is 0 Å². The Hall–Kier alpha value is -2.08. The maximum absolute atomic E-state index is 12.6. The van der Waals surface area contributed by atoms with Crippen LogP contribution in [0.3, 0.4) is 0 Å². The first kappa shape index (κ1) is 16.3. The third-order valence-electron chi connectivity index (χ3n) is 3.37. The van der Waals surface area contributed by atoms with E-state index < -0.39 is 5.91 Å². The molecule has 6 heteroatoms. The van der Waals surface area contributed by atoms with Crippen molar-refractivity contribution in [2.75, 3.05) is 19.7 Å². The number of amides is 2. The molecule has 1 heterocycles. The van der Waals surface area contributed by atoms with Crippen molar-refractivity contribution in [3.05, 3.63) is 29.8 Å². The standard InChI is InChI=1S/C16H22N2O4/c1-11(2)22-14-6-4-3-5-13(14)16(20)18-8-7-12(9-18)21-10-15(17)19/h3-6,11-12H,7-10H2,1-2H3,(H2,17,19)/t12-/m1/s1. The largest absolute Gasteiger partial charge is 0.490 e. The molecule has 0 unspecified atom stereocenters. The Bertz CT molecular complexity index is 545. The predicted molar refractivity (Wildman–Crippen MR) is 81.7 cm³/mol. The number of carbonyl (C=O) groups excluding carboxylic acids is 2. The van der Waals surface area contributed by atoms with Crippen LogP contribution in [0.25, 0.3) is 0 Å². The molecule has 6 nitrogen and oxygen atoms in total. The van der Waals surface area contributed by atoms with Crippen LogP contribution in [0.4, 0.5) is 0 Å². The summed E-state index contributed by atoms with van der Waals surface area (Å²) in [7, 11) is 0. The number of hydrogen-bond acceptors (Lipinski definition) is 4. The van der Waals surface area contributed by atoms with Gasteiger partial charge in [0.05, 0.1) is 17.8 Å². The number of benzene rings is 1. The number of para-hydroxylation sites is 1. The fraction of sp³-hybridized carbons (Fsp3) is 0.500. The molecule has 0 aromatic heterocycles. The molecule has 1 fully saturated rings. The Morgan fingerprint density at radius 3 is 2.77 bits per heavy atom. The minimum absolute atomic E-state index is 0.000763. The molecular formula is C16H22N2O4. The number of nitrogens with two attached hydrogens (primary N) is 1. The fourth-order valence-corrected chi connectivity index (χ4v) is 2.42. The highest BCUT2D eigenvalue weighted by atomic mass is 16.5. The summed E-state index contributed by atoms with van der Waals surface area (Å²) in [5.74, 6) is 0.00545. The summed E-state index contributed by atoms with van der Waals surface area (Å²) in [4.78, 5) is 25.1. The van der Waals surface area contributed by atoms with Crippen LogP contribution >= 0.6 is 0 Å². The van der Waals surface area contributed by atoms with Gasteiger partial charge in [-0.05, 0) is 32.4 Å². The van der Waals surface area contributed by atoms with E-state index in [2.05, 4.69) is 0 Å². The van der Waals surface area contributed by atoms with Gasteiger partial charge in [-0.15, -0.1) is 0 Å². The second-order valence-electron chi connectivity index (χ2n) is 5.60. The molecular weight excluding hydrogens is 284 g/mol. The zero-order valence-electron chi connectivity index (χ0n) is 13.0. The molecule has 22 heavy (non-hydrogen) atoms. The highest BCUT2D eigenvalue weighted by molar-refractivity contribution is 5.97. The zero-order chi connectivity index (χ0) is 16.1. The highest BCUT2D eigenvalue weighted by Crippen LogP contribution is 2.23. The lowest BCUT2D eigenvalue weighted by Gasteiger charge is -2.19. The monoisotopic (exact) mass is 306 g/mol. The third kappa shape index (κ3) is 4.21. The summed E-state index contributed by atoms with van der Waals surface area (Å²) in [6.07, 6.45) is 0.556. The molecule has 1 saturated heterocycles. The molecule has 0 aliphatic carbocycles. The van der Waals surface area contributed by atoms with Gasteiger partial charge in [-0.3, -0.25) is 9.59 Å². The van der Waals surface area contributed by atoms with Crippen LogP contribution in [0.15, 0.2) is 24.3 Å². The van der Waals surface area contributed by atoms with Crippen molar-refractivity contribution in [1.82, 2.24) is 4.90 Å². The Balaban J connectivity index is 2.02. The van der Waals surface area contributed by atoms with E-state index >= 15 is 0 Å². The molecule has 1 aliphatic rings. The second-order valence-corrected chi connectivity index (χ2v) is 5.60. The van der Waals surface area contributed by atoms with Crippen LogP contribution in [0.1, 0.15) is 30.6 Å². The molecule has 1 aromatic carbocycles. The van der Waals surface area contributed by atoms with Crippen LogP contribution in [0.2, 0.25) is 0 Å². The van der Waals surface area contributed by atoms with Gasteiger partial charge in [-0.25, -0.2) is 0 Å². The Kier molecular flexibility index (Phi) is 5.38. The van der Waals surface area contributed by atoms with Gasteiger partial charge < -0.3 is 20.1 Å². The van der Waals surface area contributed by atoms with Crippen molar-refractivity contribution in [2.24, 2.45) is 5.73 Å². The van der Waals surface area contributed by atoms with E-state index in [0.29, 0.717) is 30.8 Å². The van der Waals surface area contributed by atoms with E-state index in [4.69, 9.17) is 15.2 Å². The summed E-state index contributed by atoms with van der Waals surface area (Å²) in [6.45, 7) is 4.79. The lowest BCUT2D eigenvalue weighted by atomic mass is 10.1. The summed E-state index contributed by atoms with van der Waals surface area (Å²) in [5, 5.41) is 0. The summed E-state index contributed by atoms with van der Waals surface area (Å²) in [6, 6.07) is 7.22. The molecule has 1 atom stereocenters. The van der Waals surface area contributed by atoms with Crippen LogP contribution in [0.5, 0.6) is 5.75 Å². The van der Waals surface area contributed by atoms with E-state index in [1.165, 1.54) is 0 Å². The lowest BCUT2D eigenvalue weighted by Crippen LogP contribution is -2.31. The Morgan fingerprint density at radius 2 is 2.09 bits per heavy atom. The summed E-state index contributed by atoms with van der Waals surface area (Å²) >= 11 is 0. The molecule has 1 aliphatic heterocycles. The number of likely N-dealkylation sites (tertiary alicyclic amines) is 1. The fourth-order valence-electron chi connectivity index (χ4n) is 2.42. The van der Waals surface area contributed by atoms with Gasteiger partial charge >= 0.3 is 0 Å². The van der Waals surface area contributed by atoms with Gasteiger partial charge in [0, 0.05) is 13.1 Å². The van der Waals surface area contributed by atoms with E-state index in [1.54, 1.807) is 17.0 Å². The van der Waals surface area contributed by atoms with Gasteiger partial charge in [0.1, 0.15) is 12.4 Å². The average molecular weight is 306 g/mol. The molecule has 2 amide bonds. The number of ether oxygens (including phenoxy) is 2. The summed E-state index contributed by atoms with van der Waals surface area (Å²) in [5.41, 5.74) is 5.61. The first-order valence-corrected chi connectivity index (χ1v) is 7.42. The number of rotatable bonds is 6. The topological polar surface area (TPSA) is 81.9 Å². The maximum atomic E-state index is 12.6. The lowest BCUT2D eigenvalue weighted by molar-refractivity contribution is -0.124. The summed E-state index contributed by atoms with van der Waals surface area (Å²) < 4.78 is 11.1. The van der Waals surface area contributed by atoms with Crippen molar-refractivity contribution in [1.29, 1.82) is 0 Å². The van der Waals surface area contributed by atoms with Crippen LogP contribution in [0, 0.1) is 0 Å². The molecule has 0 bridgehead atoms. The van der Waals surface area contributed by atoms with Crippen LogP contribution < -0.4 is 10.5 Å². The smallest absolute Gasteiger partial charge is 0.257 e. The normalized spacial score (nSPS) is 17.8. The molecule has 1 aromatic rings. The Morgan fingerprint density at radius 1 is 1.36 bits per heavy atom. The quantitative estimate of drug-likeness (QED) is 0.856. The predicted octanol–water partition coefficient (Wildman–Crippen LogP) is 1.19. The van der Waals surface area contributed by atoms with Gasteiger partial charge in [-0.1, -0.05) is 12.1 Å². The number of primary amides is 1. The van der Waals surface area contributed by atoms with E-state index in [9.17, 15) is 9.59 Å². The minimum Gasteiger partial charge on any atom is -0.490 e. The van der Waals surface area contributed by atoms with Crippen LogP contribution in [-0.2, 0) is 9.53 Å². The molecule has 0 saturated carbocycles. The van der Waals surface area contributed by atoms with Gasteiger partial charge in [0.25, 0.3) is 5.91 Å². The minimum atomic E-state index is -0.500. The molecule has 2 rings (SSSR count). The average Bonchev–Trinajstić information content (AvgIpc) is 2.93. The van der Waals surface area contributed by atoms with Crippen LogP contribution in [-0.4, -0.2) is 48.6 Å². The highest BCUT2D eigenvalue weighted by Gasteiger charge is 2.29. The van der Waals surface area contributed by atoms with Crippen molar-refractivity contribution in [2.45, 2.75) is 32.5 Å². The number of carbonyl (C=O) groups is 2. The van der Waals surface area contributed by atoms with E-state index in [1.807, 2.05) is 26.0 Å². The van der Waals surface area contributed by atoms with E-state index in [0.717, 1.165) is 0 Å². The molecule has 120 valence electrons. The van der Waals surface area contributed by atoms with Gasteiger partial charge in [0.2, 0.25) is 5.91 Å². The van der Waals surface area contributed by atoms with Crippen molar-refractivity contribution in [3.63, 3.8) is 0 Å². The van der Waals surface area contributed by atoms with Crippen molar-refractivity contribution >= 4 is 11.8 Å². The number of hydrogen-bond donors (Lipinski definition) is 1. The molecule has 0 radical (unpaired) electrons. The first-order chi connectivity index (χ1) is 10.5.